The quantitative estimate of drug-likeness (QED) is 0.613. The molecule has 168 valence electrons. The maximum absolute atomic E-state index is 10.0. The minimum atomic E-state index is -0.187. The van der Waals surface area contributed by atoms with Gasteiger partial charge < -0.3 is 31.1 Å². The number of rotatable bonds is 5. The summed E-state index contributed by atoms with van der Waals surface area (Å²) >= 11 is 8.11. The van der Waals surface area contributed by atoms with Crippen molar-refractivity contribution in [3.63, 3.8) is 0 Å². The van der Waals surface area contributed by atoms with Crippen LogP contribution in [-0.2, 0) is 11.3 Å². The highest BCUT2D eigenvalue weighted by Crippen LogP contribution is 2.40. The zero-order valence-electron chi connectivity index (χ0n) is 17.7. The van der Waals surface area contributed by atoms with E-state index < -0.39 is 0 Å². The van der Waals surface area contributed by atoms with Crippen molar-refractivity contribution in [3.05, 3.63) is 29.0 Å². The molecule has 5 N–H and O–H groups in total. The molecule has 0 bridgehead atoms. The summed E-state index contributed by atoms with van der Waals surface area (Å²) in [4.78, 5) is 14.3. The summed E-state index contributed by atoms with van der Waals surface area (Å²) in [5, 5.41) is 11.3. The standard InChI is InChI=1S/C21H29ClN6O2S/c1-21(24)3-6-27(7-4-21)19-14(23)12-17(26-15(19)13-29)31-16-2-5-25-20(18(16)22)28-8-10-30-11-9-28/h2,5,12,29H,3-4,6-11,13,24H2,1H3,(H2,23,26). The average molecular weight is 465 g/mol. The molecule has 0 atom stereocenters. The van der Waals surface area contributed by atoms with E-state index in [9.17, 15) is 5.11 Å². The van der Waals surface area contributed by atoms with Gasteiger partial charge in [0.1, 0.15) is 10.8 Å². The van der Waals surface area contributed by atoms with Crippen LogP contribution >= 0.6 is 23.4 Å². The van der Waals surface area contributed by atoms with Crippen molar-refractivity contribution in [3.8, 4) is 0 Å². The molecule has 4 heterocycles. The predicted molar refractivity (Wildman–Crippen MR) is 125 cm³/mol. The van der Waals surface area contributed by atoms with Crippen molar-refractivity contribution in [2.24, 2.45) is 5.73 Å². The van der Waals surface area contributed by atoms with Gasteiger partial charge in [-0.25, -0.2) is 9.97 Å². The van der Waals surface area contributed by atoms with Gasteiger partial charge in [0.15, 0.2) is 0 Å². The first-order valence-corrected chi connectivity index (χ1v) is 11.7. The van der Waals surface area contributed by atoms with Gasteiger partial charge in [0.25, 0.3) is 0 Å². The minimum Gasteiger partial charge on any atom is -0.397 e. The number of pyridine rings is 2. The number of aliphatic hydroxyl groups excluding tert-OH is 1. The van der Waals surface area contributed by atoms with Crippen LogP contribution in [0.2, 0.25) is 5.02 Å². The number of nitrogen functional groups attached to an aromatic ring is 1. The third-order valence-electron chi connectivity index (χ3n) is 5.80. The second-order valence-corrected chi connectivity index (χ2v) is 9.73. The van der Waals surface area contributed by atoms with E-state index >= 15 is 0 Å². The van der Waals surface area contributed by atoms with E-state index in [0.29, 0.717) is 34.6 Å². The molecule has 8 nitrogen and oxygen atoms in total. The number of halogens is 1. The summed E-state index contributed by atoms with van der Waals surface area (Å²) in [7, 11) is 0. The Hall–Kier alpha value is -1.78. The monoisotopic (exact) mass is 464 g/mol. The maximum atomic E-state index is 10.0. The summed E-state index contributed by atoms with van der Waals surface area (Å²) in [6.45, 7) is 6.30. The lowest BCUT2D eigenvalue weighted by molar-refractivity contribution is 0.122. The number of anilines is 3. The lowest BCUT2D eigenvalue weighted by Gasteiger charge is -2.39. The number of nitrogens with two attached hydrogens (primary N) is 2. The Kier molecular flexibility index (Phi) is 6.78. The molecule has 31 heavy (non-hydrogen) atoms. The molecule has 0 amide bonds. The van der Waals surface area contributed by atoms with Crippen LogP contribution in [-0.4, -0.2) is 60.0 Å². The number of hydrogen-bond acceptors (Lipinski definition) is 9. The van der Waals surface area contributed by atoms with Crippen molar-refractivity contribution in [2.75, 3.05) is 54.9 Å². The van der Waals surface area contributed by atoms with Gasteiger partial charge in [0, 0.05) is 42.8 Å². The fourth-order valence-electron chi connectivity index (χ4n) is 3.96. The predicted octanol–water partition coefficient (Wildman–Crippen LogP) is 2.51. The van der Waals surface area contributed by atoms with Crippen molar-refractivity contribution in [1.29, 1.82) is 0 Å². The molecule has 2 aromatic rings. The number of ether oxygens (including phenoxy) is 1. The number of morpholine rings is 1. The normalized spacial score (nSPS) is 19.0. The molecule has 0 unspecified atom stereocenters. The lowest BCUT2D eigenvalue weighted by Crippen LogP contribution is -2.48. The molecule has 0 saturated carbocycles. The van der Waals surface area contributed by atoms with Crippen molar-refractivity contribution in [1.82, 2.24) is 9.97 Å². The molecular formula is C21H29ClN6O2S. The van der Waals surface area contributed by atoms with Gasteiger partial charge >= 0.3 is 0 Å². The van der Waals surface area contributed by atoms with Crippen LogP contribution < -0.4 is 21.3 Å². The molecule has 0 aromatic carbocycles. The molecule has 2 saturated heterocycles. The van der Waals surface area contributed by atoms with Crippen LogP contribution in [0.4, 0.5) is 17.2 Å². The van der Waals surface area contributed by atoms with Gasteiger partial charge in [0.05, 0.1) is 41.9 Å². The molecule has 4 rings (SSSR count). The van der Waals surface area contributed by atoms with Gasteiger partial charge in [-0.15, -0.1) is 0 Å². The van der Waals surface area contributed by atoms with Crippen LogP contribution in [0.25, 0.3) is 0 Å². The van der Waals surface area contributed by atoms with Crippen molar-refractivity contribution >= 4 is 40.6 Å². The maximum Gasteiger partial charge on any atom is 0.148 e. The Morgan fingerprint density at radius 1 is 1.23 bits per heavy atom. The zero-order chi connectivity index (χ0) is 22.0. The van der Waals surface area contributed by atoms with E-state index in [1.54, 1.807) is 6.20 Å². The second kappa shape index (κ2) is 9.38. The summed E-state index contributed by atoms with van der Waals surface area (Å²) < 4.78 is 5.42. The zero-order valence-corrected chi connectivity index (χ0v) is 19.3. The van der Waals surface area contributed by atoms with E-state index in [0.717, 1.165) is 55.4 Å². The smallest absolute Gasteiger partial charge is 0.148 e. The Morgan fingerprint density at radius 2 is 1.94 bits per heavy atom. The van der Waals surface area contributed by atoms with E-state index in [-0.39, 0.29) is 12.1 Å². The van der Waals surface area contributed by atoms with E-state index in [4.69, 9.17) is 27.8 Å². The molecule has 0 aliphatic carbocycles. The van der Waals surface area contributed by atoms with Crippen LogP contribution in [0.3, 0.4) is 0 Å². The third-order valence-corrected chi connectivity index (χ3v) is 7.27. The van der Waals surface area contributed by atoms with E-state index in [1.807, 2.05) is 12.1 Å². The van der Waals surface area contributed by atoms with Gasteiger partial charge in [-0.3, -0.25) is 0 Å². The number of piperidine rings is 1. The Morgan fingerprint density at radius 3 is 2.61 bits per heavy atom. The summed E-state index contributed by atoms with van der Waals surface area (Å²) in [6, 6.07) is 3.72. The van der Waals surface area contributed by atoms with Gasteiger partial charge in [-0.2, -0.15) is 0 Å². The van der Waals surface area contributed by atoms with Crippen LogP contribution in [0, 0.1) is 0 Å². The lowest BCUT2D eigenvalue weighted by atomic mass is 9.90. The molecule has 2 aliphatic rings. The Bertz CT molecular complexity index is 928. The molecule has 0 spiro atoms. The van der Waals surface area contributed by atoms with E-state index in [2.05, 4.69) is 26.7 Å². The summed E-state index contributed by atoms with van der Waals surface area (Å²) in [5.41, 5.74) is 14.5. The Labute approximate surface area is 191 Å². The fourth-order valence-corrected chi connectivity index (χ4v) is 5.18. The van der Waals surface area contributed by atoms with Crippen LogP contribution in [0.15, 0.2) is 28.3 Å². The molecule has 2 aromatic heterocycles. The third kappa shape index (κ3) is 5.01. The number of nitrogens with zero attached hydrogens (tertiary/aromatic N) is 4. The molecular weight excluding hydrogens is 436 g/mol. The highest BCUT2D eigenvalue weighted by molar-refractivity contribution is 7.99. The van der Waals surface area contributed by atoms with Crippen LogP contribution in [0.1, 0.15) is 25.5 Å². The summed E-state index contributed by atoms with van der Waals surface area (Å²) in [6.07, 6.45) is 3.48. The highest BCUT2D eigenvalue weighted by atomic mass is 35.5. The highest BCUT2D eigenvalue weighted by Gasteiger charge is 2.28. The number of aromatic nitrogens is 2. The second-order valence-electron chi connectivity index (χ2n) is 8.29. The number of aliphatic hydroxyl groups is 1. The van der Waals surface area contributed by atoms with Crippen molar-refractivity contribution < 1.29 is 9.84 Å². The first-order valence-electron chi connectivity index (χ1n) is 10.5. The minimum absolute atomic E-state index is 0.163. The molecule has 0 radical (unpaired) electrons. The first-order chi connectivity index (χ1) is 14.9. The fraction of sp³-hybridized carbons (Fsp3) is 0.524. The topological polar surface area (TPSA) is 114 Å². The first kappa shape index (κ1) is 22.4. The van der Waals surface area contributed by atoms with E-state index in [1.165, 1.54) is 11.8 Å². The molecule has 2 fully saturated rings. The Balaban J connectivity index is 1.58. The van der Waals surface area contributed by atoms with Gasteiger partial charge in [-0.1, -0.05) is 23.4 Å². The van der Waals surface area contributed by atoms with Gasteiger partial charge in [0.2, 0.25) is 0 Å². The summed E-state index contributed by atoms with van der Waals surface area (Å²) in [5.74, 6) is 0.750. The van der Waals surface area contributed by atoms with Gasteiger partial charge in [-0.05, 0) is 31.9 Å². The molecule has 2 aliphatic heterocycles. The van der Waals surface area contributed by atoms with Crippen LogP contribution in [0.5, 0.6) is 0 Å². The largest absolute Gasteiger partial charge is 0.397 e. The number of hydrogen-bond donors (Lipinski definition) is 3. The van der Waals surface area contributed by atoms with Crippen molar-refractivity contribution in [2.45, 2.75) is 41.8 Å². The average Bonchev–Trinajstić information content (AvgIpc) is 2.76. The molecule has 10 heteroatoms. The SMILES string of the molecule is CC1(N)CCN(c2c(N)cc(Sc3ccnc(N4CCOCC4)c3Cl)nc2CO)CC1.